The van der Waals surface area contributed by atoms with E-state index in [4.69, 9.17) is 5.11 Å². The molecule has 2 aromatic rings. The number of aromatic nitrogens is 3. The molecule has 4 rings (SSSR count). The van der Waals surface area contributed by atoms with E-state index in [2.05, 4.69) is 17.0 Å². The van der Waals surface area contributed by atoms with Crippen LogP contribution in [0.1, 0.15) is 55.7 Å². The van der Waals surface area contributed by atoms with E-state index in [-0.39, 0.29) is 30.6 Å². The maximum atomic E-state index is 13.1. The van der Waals surface area contributed by atoms with Crippen molar-refractivity contribution in [3.05, 3.63) is 50.3 Å². The summed E-state index contributed by atoms with van der Waals surface area (Å²) in [5, 5.41) is 11.6. The van der Waals surface area contributed by atoms with Gasteiger partial charge in [-0.25, -0.2) is 23.9 Å². The van der Waals surface area contributed by atoms with Crippen LogP contribution < -0.4 is 11.4 Å². The summed E-state index contributed by atoms with van der Waals surface area (Å²) >= 11 is 0. The van der Waals surface area contributed by atoms with Gasteiger partial charge in [0.25, 0.3) is 0 Å². The number of H-pyrrole nitrogens is 1. The van der Waals surface area contributed by atoms with E-state index in [9.17, 15) is 14.4 Å². The molecule has 1 saturated carbocycles. The highest BCUT2D eigenvalue weighted by Gasteiger charge is 2.26. The number of nitrogens with one attached hydrogen (secondary N) is 1. The van der Waals surface area contributed by atoms with Crippen LogP contribution in [0, 0.1) is 5.92 Å². The van der Waals surface area contributed by atoms with E-state index in [0.717, 1.165) is 51.6 Å². The largest absolute Gasteiger partial charge is 0.481 e. The SMILES string of the molecule is CN1CCc2ccc(-n3c(=O)[nH]n([C@H]4CC[C@H](CCC(=O)O)CC4)c3=O)cc2CC1.Cl. The normalized spacial score (nSPS) is 21.7. The molecule has 0 unspecified atom stereocenters. The molecule has 2 heterocycles. The van der Waals surface area contributed by atoms with E-state index < -0.39 is 11.7 Å². The lowest BCUT2D eigenvalue weighted by Crippen LogP contribution is -2.31. The summed E-state index contributed by atoms with van der Waals surface area (Å²) in [7, 11) is 2.11. The van der Waals surface area contributed by atoms with Gasteiger partial charge in [-0.15, -0.1) is 12.4 Å². The molecule has 1 aromatic carbocycles. The Morgan fingerprint density at radius 2 is 1.77 bits per heavy atom. The zero-order valence-corrected chi connectivity index (χ0v) is 18.7. The van der Waals surface area contributed by atoms with E-state index in [0.29, 0.717) is 18.0 Å². The summed E-state index contributed by atoms with van der Waals surface area (Å²) < 4.78 is 2.72. The van der Waals surface area contributed by atoms with Crippen molar-refractivity contribution in [3.8, 4) is 5.69 Å². The summed E-state index contributed by atoms with van der Waals surface area (Å²) in [4.78, 5) is 38.8. The van der Waals surface area contributed by atoms with Crippen molar-refractivity contribution in [2.75, 3.05) is 20.1 Å². The van der Waals surface area contributed by atoms with E-state index in [1.54, 1.807) is 0 Å². The Labute approximate surface area is 187 Å². The molecule has 31 heavy (non-hydrogen) atoms. The fourth-order valence-corrected chi connectivity index (χ4v) is 4.85. The lowest BCUT2D eigenvalue weighted by atomic mass is 9.83. The summed E-state index contributed by atoms with van der Waals surface area (Å²) in [6.07, 6.45) is 6.07. The third-order valence-electron chi connectivity index (χ3n) is 6.74. The van der Waals surface area contributed by atoms with E-state index >= 15 is 0 Å². The third kappa shape index (κ3) is 5.13. The van der Waals surface area contributed by atoms with Crippen molar-refractivity contribution in [3.63, 3.8) is 0 Å². The van der Waals surface area contributed by atoms with Gasteiger partial charge in [0.1, 0.15) is 0 Å². The quantitative estimate of drug-likeness (QED) is 0.728. The highest BCUT2D eigenvalue weighted by Crippen LogP contribution is 2.33. The molecule has 2 N–H and O–H groups in total. The molecule has 0 saturated heterocycles. The average Bonchev–Trinajstić information content (AvgIpc) is 2.90. The molecule has 1 aliphatic carbocycles. The molecule has 1 aliphatic heterocycles. The van der Waals surface area contributed by atoms with Gasteiger partial charge < -0.3 is 10.0 Å². The second-order valence-corrected chi connectivity index (χ2v) is 8.77. The highest BCUT2D eigenvalue weighted by molar-refractivity contribution is 5.85. The number of fused-ring (bicyclic) bond motifs is 1. The van der Waals surface area contributed by atoms with Crippen molar-refractivity contribution in [2.45, 2.75) is 57.4 Å². The first kappa shape index (κ1) is 23.3. The Balaban J connectivity index is 0.00000272. The molecule has 1 fully saturated rings. The van der Waals surface area contributed by atoms with Crippen molar-refractivity contribution in [1.82, 2.24) is 19.2 Å². The van der Waals surface area contributed by atoms with Gasteiger partial charge in [-0.1, -0.05) is 6.07 Å². The van der Waals surface area contributed by atoms with Gasteiger partial charge in [0, 0.05) is 19.5 Å². The van der Waals surface area contributed by atoms with E-state index in [1.807, 2.05) is 18.2 Å². The first-order valence-corrected chi connectivity index (χ1v) is 10.9. The van der Waals surface area contributed by atoms with Gasteiger partial charge >= 0.3 is 17.3 Å². The fraction of sp³-hybridized carbons (Fsp3) is 0.591. The van der Waals surface area contributed by atoms with Crippen LogP contribution in [0.5, 0.6) is 0 Å². The summed E-state index contributed by atoms with van der Waals surface area (Å²) in [6, 6.07) is 5.86. The standard InChI is InChI=1S/C22H30N4O4.ClH/c1-24-12-10-16-5-8-19(14-17(16)11-13-24)25-21(29)23-26(22(25)30)18-6-2-15(3-7-18)4-9-20(27)28;/h5,8,14-15,18H,2-4,6-7,9-13H2,1H3,(H,23,29)(H,27,28);1H/t15-,18-;. The average molecular weight is 451 g/mol. The minimum atomic E-state index is -0.762. The monoisotopic (exact) mass is 450 g/mol. The lowest BCUT2D eigenvalue weighted by Gasteiger charge is -2.28. The van der Waals surface area contributed by atoms with Gasteiger partial charge in [-0.2, -0.15) is 0 Å². The van der Waals surface area contributed by atoms with Crippen molar-refractivity contribution >= 4 is 18.4 Å². The Hall–Kier alpha value is -2.32. The van der Waals surface area contributed by atoms with Gasteiger partial charge in [0.05, 0.1) is 11.7 Å². The molecule has 8 nitrogen and oxygen atoms in total. The molecular formula is C22H31ClN4O4. The highest BCUT2D eigenvalue weighted by atomic mass is 35.5. The number of hydrogen-bond acceptors (Lipinski definition) is 4. The second-order valence-electron chi connectivity index (χ2n) is 8.77. The second kappa shape index (κ2) is 9.87. The number of aliphatic carboxylic acids is 1. The van der Waals surface area contributed by atoms with Crippen LogP contribution in [0.15, 0.2) is 27.8 Å². The van der Waals surface area contributed by atoms with Gasteiger partial charge in [-0.3, -0.25) is 4.79 Å². The number of hydrogen-bond donors (Lipinski definition) is 2. The van der Waals surface area contributed by atoms with Crippen LogP contribution in [0.25, 0.3) is 5.69 Å². The van der Waals surface area contributed by atoms with Crippen LogP contribution in [-0.4, -0.2) is 50.5 Å². The molecule has 1 aromatic heterocycles. The summed E-state index contributed by atoms with van der Waals surface area (Å²) in [6.45, 7) is 1.98. The number of carboxylic acids is 1. The number of rotatable bonds is 5. The van der Waals surface area contributed by atoms with Crippen LogP contribution >= 0.6 is 12.4 Å². The number of aromatic amines is 1. The van der Waals surface area contributed by atoms with E-state index in [1.165, 1.54) is 20.4 Å². The number of halogens is 1. The topological polar surface area (TPSA) is 100 Å². The van der Waals surface area contributed by atoms with Crippen LogP contribution in [0.2, 0.25) is 0 Å². The van der Waals surface area contributed by atoms with Crippen LogP contribution in [0.4, 0.5) is 0 Å². The Bertz CT molecular complexity index is 1030. The minimum absolute atomic E-state index is 0. The maximum Gasteiger partial charge on any atom is 0.351 e. The Morgan fingerprint density at radius 1 is 1.10 bits per heavy atom. The molecule has 170 valence electrons. The molecular weight excluding hydrogens is 420 g/mol. The van der Waals surface area contributed by atoms with Gasteiger partial charge in [0.2, 0.25) is 0 Å². The number of carbonyl (C=O) groups is 1. The van der Waals surface area contributed by atoms with Crippen LogP contribution in [0.3, 0.4) is 0 Å². The first-order chi connectivity index (χ1) is 14.4. The maximum absolute atomic E-state index is 13.1. The zero-order valence-electron chi connectivity index (χ0n) is 17.9. The smallest absolute Gasteiger partial charge is 0.351 e. The van der Waals surface area contributed by atoms with Gasteiger partial charge in [-0.05, 0) is 81.2 Å². The minimum Gasteiger partial charge on any atom is -0.481 e. The Morgan fingerprint density at radius 3 is 2.45 bits per heavy atom. The number of carboxylic acid groups (broad SMARTS) is 1. The number of benzene rings is 1. The van der Waals surface area contributed by atoms with Crippen molar-refractivity contribution < 1.29 is 9.90 Å². The van der Waals surface area contributed by atoms with Gasteiger partial charge in [0.15, 0.2) is 0 Å². The molecule has 0 bridgehead atoms. The lowest BCUT2D eigenvalue weighted by molar-refractivity contribution is -0.137. The predicted octanol–water partition coefficient (Wildman–Crippen LogP) is 2.38. The zero-order chi connectivity index (χ0) is 21.3. The first-order valence-electron chi connectivity index (χ1n) is 10.9. The number of likely N-dealkylation sites (N-methyl/N-ethyl adjacent to an activating group) is 1. The molecule has 2 aliphatic rings. The molecule has 9 heteroatoms. The molecule has 0 amide bonds. The molecule has 0 spiro atoms. The summed E-state index contributed by atoms with van der Waals surface area (Å²) in [5.41, 5.74) is 2.39. The summed E-state index contributed by atoms with van der Waals surface area (Å²) in [5.74, 6) is -0.383. The van der Waals surface area contributed by atoms with Crippen molar-refractivity contribution in [2.24, 2.45) is 5.92 Å². The molecule has 0 atom stereocenters. The molecule has 0 radical (unpaired) electrons. The Kier molecular flexibility index (Phi) is 7.43. The number of nitrogens with zero attached hydrogens (tertiary/aromatic N) is 3. The fourth-order valence-electron chi connectivity index (χ4n) is 4.85. The van der Waals surface area contributed by atoms with Crippen LogP contribution in [-0.2, 0) is 17.6 Å². The predicted molar refractivity (Wildman–Crippen MR) is 121 cm³/mol. The van der Waals surface area contributed by atoms with Crippen molar-refractivity contribution in [1.29, 1.82) is 0 Å². The third-order valence-corrected chi connectivity index (χ3v) is 6.74.